The molecule has 0 spiro atoms. The standard InChI is InChI=1S/C21H27N9/c1-12-8-17-19(23-12)26-21(25-18-9-13(2)28-29-18)27-20(17)24-14-10-15-4-5-16(11-14)30(15)7-3-6-22/h8-9,14-16H,3-5,7,10-11H2,1-2H3,(H4,23,24,25,26,27,28,29)/t14?,15-,16+. The topological polar surface area (TPSA) is 121 Å². The van der Waals surface area contributed by atoms with Gasteiger partial charge in [-0.25, -0.2) is 0 Å². The maximum absolute atomic E-state index is 8.95. The van der Waals surface area contributed by atoms with Crippen LogP contribution in [-0.2, 0) is 0 Å². The summed E-state index contributed by atoms with van der Waals surface area (Å²) >= 11 is 0. The monoisotopic (exact) mass is 405 g/mol. The highest BCUT2D eigenvalue weighted by molar-refractivity contribution is 5.89. The number of fused-ring (bicyclic) bond motifs is 3. The highest BCUT2D eigenvalue weighted by atomic mass is 15.3. The highest BCUT2D eigenvalue weighted by Crippen LogP contribution is 2.37. The van der Waals surface area contributed by atoms with Crippen molar-refractivity contribution >= 4 is 28.6 Å². The summed E-state index contributed by atoms with van der Waals surface area (Å²) in [6.07, 6.45) is 5.22. The van der Waals surface area contributed by atoms with Crippen LogP contribution in [0.3, 0.4) is 0 Å². The number of hydrogen-bond acceptors (Lipinski definition) is 7. The third-order valence-electron chi connectivity index (χ3n) is 6.27. The van der Waals surface area contributed by atoms with Crippen LogP contribution in [0.15, 0.2) is 12.1 Å². The third kappa shape index (κ3) is 3.59. The highest BCUT2D eigenvalue weighted by Gasteiger charge is 2.40. The van der Waals surface area contributed by atoms with E-state index >= 15 is 0 Å². The van der Waals surface area contributed by atoms with Crippen LogP contribution in [0.4, 0.5) is 17.6 Å². The molecule has 0 radical (unpaired) electrons. The summed E-state index contributed by atoms with van der Waals surface area (Å²) in [7, 11) is 0. The molecule has 2 aliphatic rings. The van der Waals surface area contributed by atoms with Crippen LogP contribution in [-0.4, -0.2) is 54.7 Å². The smallest absolute Gasteiger partial charge is 0.232 e. The molecule has 9 nitrogen and oxygen atoms in total. The Labute approximate surface area is 175 Å². The van der Waals surface area contributed by atoms with Crippen LogP contribution >= 0.6 is 0 Å². The summed E-state index contributed by atoms with van der Waals surface area (Å²) in [6.45, 7) is 4.88. The lowest BCUT2D eigenvalue weighted by Crippen LogP contribution is -2.47. The average molecular weight is 406 g/mol. The van der Waals surface area contributed by atoms with Crippen molar-refractivity contribution in [2.45, 2.75) is 64.1 Å². The molecule has 0 amide bonds. The van der Waals surface area contributed by atoms with E-state index in [1.807, 2.05) is 19.9 Å². The molecule has 2 fully saturated rings. The van der Waals surface area contributed by atoms with E-state index in [1.165, 1.54) is 12.8 Å². The summed E-state index contributed by atoms with van der Waals surface area (Å²) < 4.78 is 0. The zero-order valence-electron chi connectivity index (χ0n) is 17.4. The van der Waals surface area contributed by atoms with Gasteiger partial charge in [-0.3, -0.25) is 10.00 Å². The van der Waals surface area contributed by atoms with Crippen molar-refractivity contribution in [3.05, 3.63) is 23.5 Å². The molecule has 2 bridgehead atoms. The van der Waals surface area contributed by atoms with Gasteiger partial charge >= 0.3 is 0 Å². The maximum Gasteiger partial charge on any atom is 0.232 e. The van der Waals surface area contributed by atoms with Gasteiger partial charge in [-0.1, -0.05) is 0 Å². The minimum atomic E-state index is 0.370. The van der Waals surface area contributed by atoms with Crippen molar-refractivity contribution in [1.29, 1.82) is 5.26 Å². The van der Waals surface area contributed by atoms with Crippen molar-refractivity contribution < 1.29 is 0 Å². The van der Waals surface area contributed by atoms with Crippen molar-refractivity contribution in [2.75, 3.05) is 17.2 Å². The number of rotatable bonds is 6. The zero-order valence-corrected chi connectivity index (χ0v) is 17.4. The molecule has 3 aromatic rings. The third-order valence-corrected chi connectivity index (χ3v) is 6.27. The summed E-state index contributed by atoms with van der Waals surface area (Å²) in [4.78, 5) is 15.3. The van der Waals surface area contributed by atoms with Gasteiger partial charge in [0, 0.05) is 48.5 Å². The fraction of sp³-hybridized carbons (Fsp3) is 0.524. The van der Waals surface area contributed by atoms with Gasteiger partial charge < -0.3 is 15.6 Å². The van der Waals surface area contributed by atoms with Crippen LogP contribution in [0.25, 0.3) is 11.0 Å². The van der Waals surface area contributed by atoms with Gasteiger partial charge in [0.25, 0.3) is 0 Å². The molecule has 2 saturated heterocycles. The lowest BCUT2D eigenvalue weighted by molar-refractivity contribution is 0.136. The van der Waals surface area contributed by atoms with Gasteiger partial charge in [0.05, 0.1) is 11.5 Å². The lowest BCUT2D eigenvalue weighted by Gasteiger charge is -2.39. The largest absolute Gasteiger partial charge is 0.366 e. The van der Waals surface area contributed by atoms with Crippen LogP contribution < -0.4 is 10.6 Å². The molecule has 1 unspecified atom stereocenters. The minimum Gasteiger partial charge on any atom is -0.366 e. The molecule has 3 atom stereocenters. The molecule has 2 aliphatic heterocycles. The first kappa shape index (κ1) is 18.9. The van der Waals surface area contributed by atoms with Crippen molar-refractivity contribution in [3.63, 3.8) is 0 Å². The van der Waals surface area contributed by atoms with Crippen molar-refractivity contribution in [2.24, 2.45) is 0 Å². The molecule has 156 valence electrons. The predicted molar refractivity (Wildman–Crippen MR) is 116 cm³/mol. The molecule has 4 N–H and O–H groups in total. The second-order valence-electron chi connectivity index (χ2n) is 8.52. The second kappa shape index (κ2) is 7.61. The summed E-state index contributed by atoms with van der Waals surface area (Å²) in [5.41, 5.74) is 2.85. The quantitative estimate of drug-likeness (QED) is 0.496. The molecule has 0 saturated carbocycles. The number of nitrogens with zero attached hydrogens (tertiary/aromatic N) is 5. The summed E-state index contributed by atoms with van der Waals surface area (Å²) in [5.74, 6) is 2.08. The summed E-state index contributed by atoms with van der Waals surface area (Å²) in [6, 6.07) is 7.80. The molecule has 0 aliphatic carbocycles. The molecule has 5 heterocycles. The van der Waals surface area contributed by atoms with E-state index in [1.54, 1.807) is 0 Å². The first-order valence-corrected chi connectivity index (χ1v) is 10.6. The Kier molecular flexibility index (Phi) is 4.79. The number of anilines is 3. The van der Waals surface area contributed by atoms with Gasteiger partial charge in [0.15, 0.2) is 5.82 Å². The Bertz CT molecular complexity index is 1080. The Morgan fingerprint density at radius 2 is 1.97 bits per heavy atom. The SMILES string of the molecule is Cc1cc(Nc2nc(NC3C[C@H]4CC[C@@H](C3)N4CCC#N)c3cc(C)[nH]c3n2)n[nH]1. The number of aromatic nitrogens is 5. The van der Waals surface area contributed by atoms with Crippen molar-refractivity contribution in [3.8, 4) is 6.07 Å². The summed E-state index contributed by atoms with van der Waals surface area (Å²) in [5, 5.41) is 24.0. The Morgan fingerprint density at radius 1 is 1.17 bits per heavy atom. The van der Waals surface area contributed by atoms with E-state index < -0.39 is 0 Å². The Hall–Kier alpha value is -3.12. The van der Waals surface area contributed by atoms with Crippen LogP contribution in [0.2, 0.25) is 0 Å². The van der Waals surface area contributed by atoms with E-state index in [2.05, 4.69) is 47.8 Å². The zero-order chi connectivity index (χ0) is 20.7. The van der Waals surface area contributed by atoms with Crippen LogP contribution in [0.1, 0.15) is 43.5 Å². The minimum absolute atomic E-state index is 0.370. The van der Waals surface area contributed by atoms with Crippen LogP contribution in [0, 0.1) is 25.2 Å². The van der Waals surface area contributed by atoms with E-state index in [4.69, 9.17) is 10.2 Å². The first-order chi connectivity index (χ1) is 14.6. The fourth-order valence-electron chi connectivity index (χ4n) is 5.03. The van der Waals surface area contributed by atoms with E-state index in [-0.39, 0.29) is 0 Å². The molecule has 9 heteroatoms. The molecular weight excluding hydrogens is 378 g/mol. The molecule has 0 aromatic carbocycles. The molecular formula is C21H27N9. The first-order valence-electron chi connectivity index (χ1n) is 10.6. The molecule has 30 heavy (non-hydrogen) atoms. The van der Waals surface area contributed by atoms with Crippen molar-refractivity contribution in [1.82, 2.24) is 30.0 Å². The number of hydrogen-bond donors (Lipinski definition) is 4. The van der Waals surface area contributed by atoms with Gasteiger partial charge in [-0.05, 0) is 45.6 Å². The van der Waals surface area contributed by atoms with E-state index in [9.17, 15) is 0 Å². The van der Waals surface area contributed by atoms with Gasteiger partial charge in [0.1, 0.15) is 11.5 Å². The number of aryl methyl sites for hydroxylation is 2. The molecule has 3 aromatic heterocycles. The van der Waals surface area contributed by atoms with Gasteiger partial charge in [-0.15, -0.1) is 0 Å². The lowest BCUT2D eigenvalue weighted by atomic mass is 9.97. The number of piperidine rings is 1. The Balaban J connectivity index is 1.38. The number of nitrogens with one attached hydrogen (secondary N) is 4. The predicted octanol–water partition coefficient (Wildman–Crippen LogP) is 3.36. The van der Waals surface area contributed by atoms with Gasteiger partial charge in [0.2, 0.25) is 5.95 Å². The maximum atomic E-state index is 8.95. The van der Waals surface area contributed by atoms with Gasteiger partial charge in [-0.2, -0.15) is 20.3 Å². The normalized spacial score (nSPS) is 23.6. The Morgan fingerprint density at radius 3 is 2.67 bits per heavy atom. The van der Waals surface area contributed by atoms with E-state index in [0.29, 0.717) is 36.3 Å². The number of nitriles is 1. The van der Waals surface area contributed by atoms with Crippen LogP contribution in [0.5, 0.6) is 0 Å². The molecule has 5 rings (SSSR count). The fourth-order valence-corrected chi connectivity index (χ4v) is 5.03. The second-order valence-corrected chi connectivity index (χ2v) is 8.52. The van der Waals surface area contributed by atoms with E-state index in [0.717, 1.165) is 47.6 Å². The number of aromatic amines is 2. The average Bonchev–Trinajstić information content (AvgIpc) is 3.35. The number of H-pyrrole nitrogens is 2.